The molecule has 1 fully saturated rings. The van der Waals surface area contributed by atoms with Gasteiger partial charge in [0.15, 0.2) is 17.7 Å². The molecule has 1 aromatic heterocycles. The molecule has 1 unspecified atom stereocenters. The van der Waals surface area contributed by atoms with Crippen molar-refractivity contribution in [2.24, 2.45) is 0 Å². The Kier molecular flexibility index (Phi) is 4.31. The van der Waals surface area contributed by atoms with E-state index < -0.39 is 23.7 Å². The van der Waals surface area contributed by atoms with Gasteiger partial charge in [0, 0.05) is 19.8 Å². The molecule has 1 aromatic rings. The highest BCUT2D eigenvalue weighted by atomic mass is 19.4. The minimum atomic E-state index is -4.65. The molecule has 2 rings (SSSR count). The van der Waals surface area contributed by atoms with Gasteiger partial charge in [-0.15, -0.1) is 0 Å². The van der Waals surface area contributed by atoms with Crippen LogP contribution in [0.3, 0.4) is 0 Å². The fourth-order valence-electron chi connectivity index (χ4n) is 1.98. The summed E-state index contributed by atoms with van der Waals surface area (Å²) in [6, 6.07) is 0.396. The summed E-state index contributed by atoms with van der Waals surface area (Å²) in [5.74, 6) is -1.69. The number of likely N-dealkylation sites (N-methyl/N-ethyl adjacent to an activating group) is 1. The third-order valence-corrected chi connectivity index (χ3v) is 3.05. The largest absolute Gasteiger partial charge is 0.417 e. The molecule has 116 valence electrons. The average Bonchev–Trinajstić information content (AvgIpc) is 2.45. The molecule has 1 aliphatic rings. The van der Waals surface area contributed by atoms with Crippen LogP contribution in [0.25, 0.3) is 0 Å². The lowest BCUT2D eigenvalue weighted by Gasteiger charge is -2.32. The lowest BCUT2D eigenvalue weighted by molar-refractivity contribution is -0.138. The van der Waals surface area contributed by atoms with Crippen molar-refractivity contribution < 1.29 is 27.1 Å². The molecule has 0 bridgehead atoms. The maximum atomic E-state index is 13.8. The summed E-state index contributed by atoms with van der Waals surface area (Å²) in [5.41, 5.74) is -1.15. The molecule has 2 heterocycles. The lowest BCUT2D eigenvalue weighted by atomic mass is 10.2. The van der Waals surface area contributed by atoms with Gasteiger partial charge in [-0.25, -0.2) is 9.37 Å². The first-order chi connectivity index (χ1) is 9.82. The third kappa shape index (κ3) is 3.41. The smallest absolute Gasteiger partial charge is 0.365 e. The molecule has 9 heteroatoms. The summed E-state index contributed by atoms with van der Waals surface area (Å²) in [6.45, 7) is 0.415. The maximum Gasteiger partial charge on any atom is 0.417 e. The van der Waals surface area contributed by atoms with Gasteiger partial charge in [-0.3, -0.25) is 4.79 Å². The molecular formula is C12H13F4N3O2. The van der Waals surface area contributed by atoms with Crippen molar-refractivity contribution in [2.45, 2.75) is 12.3 Å². The minimum absolute atomic E-state index is 0.0228. The van der Waals surface area contributed by atoms with E-state index in [2.05, 4.69) is 10.3 Å². The molecule has 1 aliphatic heterocycles. The number of nitrogens with zero attached hydrogens (tertiary/aromatic N) is 2. The summed E-state index contributed by atoms with van der Waals surface area (Å²) in [4.78, 5) is 16.4. The Bertz CT molecular complexity index is 536. The van der Waals surface area contributed by atoms with Gasteiger partial charge < -0.3 is 15.0 Å². The van der Waals surface area contributed by atoms with E-state index in [4.69, 9.17) is 4.74 Å². The highest BCUT2D eigenvalue weighted by molar-refractivity contribution is 5.81. The predicted molar refractivity (Wildman–Crippen MR) is 65.2 cm³/mol. The average molecular weight is 307 g/mol. The van der Waals surface area contributed by atoms with Crippen LogP contribution in [0.2, 0.25) is 0 Å². The third-order valence-electron chi connectivity index (χ3n) is 3.05. The van der Waals surface area contributed by atoms with E-state index in [0.717, 1.165) is 0 Å². The first kappa shape index (κ1) is 15.5. The number of carbonyl (C=O) groups excluding carboxylic acids is 1. The van der Waals surface area contributed by atoms with Gasteiger partial charge in [0.05, 0.1) is 18.7 Å². The molecule has 0 saturated carbocycles. The number of amides is 1. The first-order valence-corrected chi connectivity index (χ1v) is 6.14. The SMILES string of the molecule is CNC(=O)C1CN(c2ncc(C(F)(F)F)cc2F)CCO1. The number of pyridine rings is 1. The normalized spacial score (nSPS) is 19.5. The van der Waals surface area contributed by atoms with E-state index in [9.17, 15) is 22.4 Å². The number of carbonyl (C=O) groups is 1. The number of nitrogens with one attached hydrogen (secondary N) is 1. The van der Waals surface area contributed by atoms with Gasteiger partial charge in [-0.1, -0.05) is 0 Å². The van der Waals surface area contributed by atoms with E-state index in [1.807, 2.05) is 0 Å². The van der Waals surface area contributed by atoms with Crippen LogP contribution in [-0.4, -0.2) is 43.7 Å². The molecule has 0 aliphatic carbocycles. The van der Waals surface area contributed by atoms with Gasteiger partial charge in [0.25, 0.3) is 5.91 Å². The zero-order chi connectivity index (χ0) is 15.6. The lowest BCUT2D eigenvalue weighted by Crippen LogP contribution is -2.49. The van der Waals surface area contributed by atoms with Gasteiger partial charge in [-0.05, 0) is 6.07 Å². The van der Waals surface area contributed by atoms with E-state index in [0.29, 0.717) is 12.3 Å². The summed E-state index contributed by atoms with van der Waals surface area (Å²) in [7, 11) is 1.43. The zero-order valence-electron chi connectivity index (χ0n) is 11.1. The van der Waals surface area contributed by atoms with Crippen LogP contribution in [0.1, 0.15) is 5.56 Å². The second kappa shape index (κ2) is 5.84. The van der Waals surface area contributed by atoms with Crippen molar-refractivity contribution in [3.05, 3.63) is 23.6 Å². The number of aromatic nitrogens is 1. The Balaban J connectivity index is 2.20. The quantitative estimate of drug-likeness (QED) is 0.834. The molecule has 1 saturated heterocycles. The van der Waals surface area contributed by atoms with Crippen molar-refractivity contribution in [1.29, 1.82) is 0 Å². The molecule has 1 atom stereocenters. The van der Waals surface area contributed by atoms with E-state index in [-0.39, 0.29) is 31.4 Å². The van der Waals surface area contributed by atoms with Gasteiger partial charge in [-0.2, -0.15) is 13.2 Å². The zero-order valence-corrected chi connectivity index (χ0v) is 11.1. The molecule has 0 spiro atoms. The van der Waals surface area contributed by atoms with Crippen LogP contribution >= 0.6 is 0 Å². The van der Waals surface area contributed by atoms with Crippen LogP contribution in [0.4, 0.5) is 23.4 Å². The number of hydrogen-bond donors (Lipinski definition) is 1. The molecule has 1 amide bonds. The molecule has 5 nitrogen and oxygen atoms in total. The molecule has 0 radical (unpaired) electrons. The first-order valence-electron chi connectivity index (χ1n) is 6.14. The summed E-state index contributed by atoms with van der Waals surface area (Å²) >= 11 is 0. The van der Waals surface area contributed by atoms with E-state index in [1.54, 1.807) is 0 Å². The van der Waals surface area contributed by atoms with Crippen LogP contribution in [0.5, 0.6) is 0 Å². The highest BCUT2D eigenvalue weighted by Gasteiger charge is 2.33. The van der Waals surface area contributed by atoms with Crippen molar-refractivity contribution in [1.82, 2.24) is 10.3 Å². The van der Waals surface area contributed by atoms with Crippen molar-refractivity contribution in [3.8, 4) is 0 Å². The Labute approximate surface area is 117 Å². The van der Waals surface area contributed by atoms with Gasteiger partial charge >= 0.3 is 6.18 Å². The number of halogens is 4. The van der Waals surface area contributed by atoms with Crippen molar-refractivity contribution >= 4 is 11.7 Å². The second-order valence-electron chi connectivity index (χ2n) is 4.45. The minimum Gasteiger partial charge on any atom is -0.365 e. The van der Waals surface area contributed by atoms with E-state index >= 15 is 0 Å². The fraction of sp³-hybridized carbons (Fsp3) is 0.500. The molecular weight excluding hydrogens is 294 g/mol. The monoisotopic (exact) mass is 307 g/mol. The van der Waals surface area contributed by atoms with Crippen molar-refractivity contribution in [2.75, 3.05) is 31.6 Å². The van der Waals surface area contributed by atoms with Crippen LogP contribution in [0.15, 0.2) is 12.3 Å². The van der Waals surface area contributed by atoms with E-state index in [1.165, 1.54) is 11.9 Å². The number of alkyl halides is 3. The topological polar surface area (TPSA) is 54.5 Å². The summed E-state index contributed by atoms with van der Waals surface area (Å²) in [5, 5.41) is 2.40. The molecule has 21 heavy (non-hydrogen) atoms. The number of anilines is 1. The maximum absolute atomic E-state index is 13.8. The summed E-state index contributed by atoms with van der Waals surface area (Å²) in [6.07, 6.45) is -4.89. The number of ether oxygens (including phenoxy) is 1. The molecule has 1 N–H and O–H groups in total. The standard InChI is InChI=1S/C12H13F4N3O2/c1-17-11(20)9-6-19(2-3-21-9)10-8(13)4-7(5-18-10)12(14,15)16/h4-5,9H,2-3,6H2,1H3,(H,17,20). The Morgan fingerprint density at radius 1 is 1.52 bits per heavy atom. The van der Waals surface area contributed by atoms with Gasteiger partial charge in [0.1, 0.15) is 0 Å². The number of rotatable bonds is 2. The molecule has 0 aromatic carbocycles. The summed E-state index contributed by atoms with van der Waals surface area (Å²) < 4.78 is 56.4. The Hall–Kier alpha value is -1.90. The highest BCUT2D eigenvalue weighted by Crippen LogP contribution is 2.31. The van der Waals surface area contributed by atoms with Crippen LogP contribution in [-0.2, 0) is 15.7 Å². The van der Waals surface area contributed by atoms with Crippen molar-refractivity contribution in [3.63, 3.8) is 0 Å². The predicted octanol–water partition coefficient (Wildman–Crippen LogP) is 1.19. The Morgan fingerprint density at radius 3 is 2.81 bits per heavy atom. The Morgan fingerprint density at radius 2 is 2.24 bits per heavy atom. The van der Waals surface area contributed by atoms with Crippen LogP contribution in [0, 0.1) is 5.82 Å². The second-order valence-corrected chi connectivity index (χ2v) is 4.45. The number of morpholine rings is 1. The van der Waals surface area contributed by atoms with Gasteiger partial charge in [0.2, 0.25) is 0 Å². The number of hydrogen-bond acceptors (Lipinski definition) is 4. The van der Waals surface area contributed by atoms with Crippen LogP contribution < -0.4 is 10.2 Å². The fourth-order valence-corrected chi connectivity index (χ4v) is 1.98.